The number of aliphatic hydroxyl groups excluding tert-OH is 1. The summed E-state index contributed by atoms with van der Waals surface area (Å²) < 4.78 is 23.2. The largest absolute Gasteiger partial charge is 0.392 e. The van der Waals surface area contributed by atoms with Gasteiger partial charge >= 0.3 is 0 Å². The summed E-state index contributed by atoms with van der Waals surface area (Å²) in [5.41, 5.74) is 10.7. The Morgan fingerprint density at radius 1 is 1.17 bits per heavy atom. The molecule has 0 radical (unpaired) electrons. The van der Waals surface area contributed by atoms with E-state index in [1.807, 2.05) is 50.0 Å². The lowest BCUT2D eigenvalue weighted by atomic mass is 10.0. The average molecular weight is 748 g/mol. The minimum atomic E-state index is -1.16. The summed E-state index contributed by atoms with van der Waals surface area (Å²) in [6.07, 6.45) is 19.7. The molecule has 3 rings (SSSR count). The van der Waals surface area contributed by atoms with E-state index >= 15 is 0 Å². The molecule has 294 valence electrons. The van der Waals surface area contributed by atoms with E-state index < -0.39 is 12.0 Å². The van der Waals surface area contributed by atoms with Crippen molar-refractivity contribution >= 4 is 23.9 Å². The Morgan fingerprint density at radius 3 is 2.15 bits per heavy atom. The number of primary amides is 1. The van der Waals surface area contributed by atoms with Crippen LogP contribution in [0.2, 0.25) is 0 Å². The Labute approximate surface area is 320 Å². The number of nitrogens with one attached hydrogen (secondary N) is 1. The van der Waals surface area contributed by atoms with Crippen LogP contribution < -0.4 is 11.1 Å². The van der Waals surface area contributed by atoms with Crippen molar-refractivity contribution in [3.8, 4) is 12.3 Å². The highest BCUT2D eigenvalue weighted by molar-refractivity contribution is 6.15. The van der Waals surface area contributed by atoms with Crippen molar-refractivity contribution in [1.82, 2.24) is 10.2 Å². The van der Waals surface area contributed by atoms with Crippen LogP contribution in [0.5, 0.6) is 0 Å². The number of hydrogen-bond donors (Lipinski definition) is 3. The van der Waals surface area contributed by atoms with E-state index in [0.717, 1.165) is 80.8 Å². The Balaban J connectivity index is -0.000000686. The molecule has 1 unspecified atom stereocenters. The molecule has 1 fully saturated rings. The van der Waals surface area contributed by atoms with Gasteiger partial charge in [0, 0.05) is 42.7 Å². The second kappa shape index (κ2) is 32.2. The van der Waals surface area contributed by atoms with Crippen LogP contribution in [0.3, 0.4) is 0 Å². The van der Waals surface area contributed by atoms with E-state index in [2.05, 4.69) is 81.1 Å². The maximum absolute atomic E-state index is 12.5. The van der Waals surface area contributed by atoms with E-state index in [0.29, 0.717) is 6.54 Å². The first-order valence-corrected chi connectivity index (χ1v) is 18.9. The number of carbonyl (C=O) groups is 2. The number of allylic oxidation sites excluding steroid dienone is 7. The molecule has 2 amide bonds. The fraction of sp³-hybridized carbons (Fsp3) is 0.535. The highest BCUT2D eigenvalue weighted by Gasteiger charge is 2.44. The van der Waals surface area contributed by atoms with Gasteiger partial charge in [0.2, 0.25) is 6.41 Å². The van der Waals surface area contributed by atoms with Gasteiger partial charge in [-0.1, -0.05) is 74.6 Å². The molecular weight excluding hydrogens is 680 g/mol. The zero-order chi connectivity index (χ0) is 40.7. The number of hydrogen-bond acceptors (Lipinski definition) is 4. The van der Waals surface area contributed by atoms with Gasteiger partial charge < -0.3 is 21.1 Å². The number of benzene rings is 1. The van der Waals surface area contributed by atoms with Gasteiger partial charge in [-0.2, -0.15) is 0 Å². The molecule has 1 aromatic carbocycles. The summed E-state index contributed by atoms with van der Waals surface area (Å²) in [5.74, 6) is 2.39. The third kappa shape index (κ3) is 25.4. The topological polar surface area (TPSA) is 95.7 Å². The number of aliphatic hydroxyl groups is 1. The fourth-order valence-corrected chi connectivity index (χ4v) is 4.90. The van der Waals surface area contributed by atoms with Gasteiger partial charge in [0.15, 0.2) is 0 Å². The first kappa shape index (κ1) is 52.8. The Kier molecular flexibility index (Phi) is 32.7. The third-order valence-electron chi connectivity index (χ3n) is 7.42. The molecule has 9 heteroatoms. The van der Waals surface area contributed by atoms with Gasteiger partial charge in [-0.3, -0.25) is 9.59 Å². The molecule has 1 aromatic rings. The molecule has 2 aliphatic rings. The van der Waals surface area contributed by atoms with Crippen molar-refractivity contribution in [2.75, 3.05) is 26.0 Å². The lowest BCUT2D eigenvalue weighted by molar-refractivity contribution is -0.126. The van der Waals surface area contributed by atoms with Gasteiger partial charge in [0.25, 0.3) is 5.91 Å². The van der Waals surface area contributed by atoms with Crippen molar-refractivity contribution in [2.24, 2.45) is 5.73 Å². The van der Waals surface area contributed by atoms with Crippen LogP contribution in [0.15, 0.2) is 83.3 Å². The van der Waals surface area contributed by atoms with Gasteiger partial charge in [-0.05, 0) is 109 Å². The second-order valence-electron chi connectivity index (χ2n) is 12.4. The van der Waals surface area contributed by atoms with E-state index in [1.54, 1.807) is 0 Å². The van der Waals surface area contributed by atoms with Gasteiger partial charge in [0.1, 0.15) is 6.17 Å². The number of nitrogens with zero attached hydrogens (tertiary/aromatic N) is 1. The van der Waals surface area contributed by atoms with Gasteiger partial charge in [-0.15, -0.1) is 24.6 Å². The zero-order valence-electron chi connectivity index (χ0n) is 33.6. The van der Waals surface area contributed by atoms with Crippen molar-refractivity contribution < 1.29 is 23.5 Å². The Morgan fingerprint density at radius 2 is 1.73 bits per heavy atom. The monoisotopic (exact) mass is 747 g/mol. The number of nitrogens with two attached hydrogens (primary N) is 1. The minimum Gasteiger partial charge on any atom is -0.392 e. The predicted octanol–water partition coefficient (Wildman–Crippen LogP) is 10.0. The normalized spacial score (nSPS) is 14.7. The summed E-state index contributed by atoms with van der Waals surface area (Å²) in [6, 6.07) is 8.13. The molecular formula is C43H68ClF2N3O3. The predicted molar refractivity (Wildman–Crippen MR) is 220 cm³/mol. The van der Waals surface area contributed by atoms with E-state index in [-0.39, 0.29) is 24.0 Å². The first-order chi connectivity index (χ1) is 24.7. The summed E-state index contributed by atoms with van der Waals surface area (Å²) in [4.78, 5) is 23.1. The number of carbonyl (C=O) groups excluding carboxylic acids is 2. The van der Waals surface area contributed by atoms with Crippen molar-refractivity contribution in [3.05, 3.63) is 94.4 Å². The number of alkyl halides is 2. The van der Waals surface area contributed by atoms with E-state index in [9.17, 15) is 18.7 Å². The first-order valence-electron chi connectivity index (χ1n) is 18.2. The van der Waals surface area contributed by atoms with Crippen LogP contribution in [0.1, 0.15) is 118 Å². The molecule has 2 aliphatic carbocycles. The van der Waals surface area contributed by atoms with E-state index in [1.165, 1.54) is 36.9 Å². The van der Waals surface area contributed by atoms with E-state index in [4.69, 9.17) is 11.2 Å². The average Bonchev–Trinajstić information content (AvgIpc) is 3.93. The molecule has 0 spiro atoms. The SMILES string of the molecule is C#Cc1cccc(C2(NC[C@@H](O)CCC(=C)C)CC2)c1.C/C(F)=C\C(C)F.CC.CCCN(CCC)C(=O)C1=CC(C)=CCC(C)=C1.CCl.NC=O. The smallest absolute Gasteiger partial charge is 0.253 e. The highest BCUT2D eigenvalue weighted by Crippen LogP contribution is 2.45. The molecule has 4 N–H and O–H groups in total. The van der Waals surface area contributed by atoms with Crippen LogP contribution in [0.4, 0.5) is 8.78 Å². The lowest BCUT2D eigenvalue weighted by Gasteiger charge is -2.22. The van der Waals surface area contributed by atoms with Crippen LogP contribution in [-0.4, -0.2) is 60.6 Å². The van der Waals surface area contributed by atoms with Gasteiger partial charge in [0.05, 0.1) is 11.9 Å². The second-order valence-corrected chi connectivity index (χ2v) is 12.4. The molecule has 6 nitrogen and oxygen atoms in total. The van der Waals surface area contributed by atoms with Crippen LogP contribution in [-0.2, 0) is 15.1 Å². The van der Waals surface area contributed by atoms with Crippen LogP contribution >= 0.6 is 11.6 Å². The van der Waals surface area contributed by atoms with Crippen molar-refractivity contribution in [1.29, 1.82) is 0 Å². The van der Waals surface area contributed by atoms with Gasteiger partial charge in [-0.25, -0.2) is 8.78 Å². The highest BCUT2D eigenvalue weighted by atomic mass is 35.5. The van der Waals surface area contributed by atoms with Crippen LogP contribution in [0.25, 0.3) is 0 Å². The summed E-state index contributed by atoms with van der Waals surface area (Å²) in [6.45, 7) is 23.0. The number of halogens is 3. The molecule has 0 aliphatic heterocycles. The fourth-order valence-electron chi connectivity index (χ4n) is 4.90. The standard InChI is InChI=1S/C18H23NO.C16H25NO.C5H8F2.C2H6.CH3Cl.CH3NO/c1-4-15-6-5-7-16(12-15)18(10-11-18)19-13-17(20)9-8-14(2)3;1-5-9-17(10-6-2)16(18)15-11-13(3)7-8-14(4)12-15;1-4(6)3-5(2)7;2*1-2;2-1-3/h1,5-7,12,17,19-20H,2,8-11,13H2,3H3;7,11-12H,5-6,8-10H2,1-4H3;3-4H,1-2H3;1-2H3;1H3;1H,(H2,2,3)/b;;5-3+;;;/t17-;;;;;/m0...../s1. The lowest BCUT2D eigenvalue weighted by Crippen LogP contribution is -2.35. The third-order valence-corrected chi connectivity index (χ3v) is 7.42. The molecule has 0 saturated heterocycles. The molecule has 0 heterocycles. The molecule has 0 bridgehead atoms. The molecule has 2 atom stereocenters. The van der Waals surface area contributed by atoms with Crippen LogP contribution in [0, 0.1) is 12.3 Å². The van der Waals surface area contributed by atoms with Crippen molar-refractivity contribution in [3.63, 3.8) is 0 Å². The minimum absolute atomic E-state index is 0.0249. The Hall–Kier alpha value is -3.51. The Bertz CT molecular complexity index is 1310. The molecule has 52 heavy (non-hydrogen) atoms. The number of terminal acetylenes is 1. The maximum atomic E-state index is 12.5. The summed E-state index contributed by atoms with van der Waals surface area (Å²) in [5, 5.41) is 13.5. The number of amides is 2. The summed E-state index contributed by atoms with van der Waals surface area (Å²) >= 11 is 4.64. The molecule has 1 saturated carbocycles. The summed E-state index contributed by atoms with van der Waals surface area (Å²) in [7, 11) is 0. The van der Waals surface area contributed by atoms with Crippen molar-refractivity contribution in [2.45, 2.75) is 125 Å². The maximum Gasteiger partial charge on any atom is 0.253 e. The zero-order valence-corrected chi connectivity index (χ0v) is 34.4. The molecule has 0 aromatic heterocycles. The quantitative estimate of drug-likeness (QED) is 0.0810. The number of rotatable bonds is 13.